The lowest BCUT2D eigenvalue weighted by Crippen LogP contribution is -2.61. The summed E-state index contributed by atoms with van der Waals surface area (Å²) >= 11 is 0. The van der Waals surface area contributed by atoms with E-state index in [2.05, 4.69) is 198 Å². The van der Waals surface area contributed by atoms with Crippen LogP contribution < -0.4 is 26.2 Å². The molecule has 0 atom stereocenters. The van der Waals surface area contributed by atoms with E-state index in [1.807, 2.05) is 77.7 Å². The molecule has 0 saturated carbocycles. The van der Waals surface area contributed by atoms with E-state index < -0.39 is 45.1 Å². The summed E-state index contributed by atoms with van der Waals surface area (Å²) in [5.74, 6) is 0. The van der Waals surface area contributed by atoms with Crippen LogP contribution in [0.2, 0.25) is 0 Å². The highest BCUT2D eigenvalue weighted by atomic mass is 16.3. The van der Waals surface area contributed by atoms with E-state index >= 15 is 0 Å². The molecule has 0 spiro atoms. The largest absolute Gasteiger partial charge is 0.452 e. The van der Waals surface area contributed by atoms with E-state index in [4.69, 9.17) is 4.42 Å². The first-order chi connectivity index (χ1) is 47.5. The van der Waals surface area contributed by atoms with Crippen molar-refractivity contribution in [1.82, 2.24) is 9.13 Å². The molecule has 5 heterocycles. The molecule has 2 aliphatic rings. The van der Waals surface area contributed by atoms with Crippen molar-refractivity contribution < 1.29 is 20.9 Å². The Morgan fingerprint density at radius 3 is 1.44 bits per heavy atom. The van der Waals surface area contributed by atoms with E-state index in [1.165, 1.54) is 12.1 Å². The monoisotopic (exact) mass is 1170 g/mol. The molecule has 6 heteroatoms. The average molecular weight is 1170 g/mol. The minimum Gasteiger partial charge on any atom is -0.452 e. The van der Waals surface area contributed by atoms with Gasteiger partial charge in [0.1, 0.15) is 0 Å². The summed E-state index contributed by atoms with van der Waals surface area (Å²) in [5.41, 5.74) is 11.7. The van der Waals surface area contributed by atoms with Gasteiger partial charge in [-0.25, -0.2) is 0 Å². The Hall–Kier alpha value is -9.52. The molecule has 0 fully saturated rings. The van der Waals surface area contributed by atoms with Gasteiger partial charge in [-0.1, -0.05) is 216 Å². The average Bonchev–Trinajstić information content (AvgIpc) is 1.43. The van der Waals surface area contributed by atoms with Crippen molar-refractivity contribution in [3.05, 3.63) is 246 Å². The van der Waals surface area contributed by atoms with Crippen LogP contribution in [0.3, 0.4) is 0 Å². The zero-order chi connectivity index (χ0) is 71.4. The maximum absolute atomic E-state index is 9.50. The smallest absolute Gasteiger partial charge is 0.252 e. The Labute approximate surface area is 540 Å². The van der Waals surface area contributed by atoms with Gasteiger partial charge in [0.2, 0.25) is 0 Å². The van der Waals surface area contributed by atoms with Gasteiger partial charge in [0.25, 0.3) is 6.71 Å². The molecular weight excluding hydrogens is 1080 g/mol. The number of benzene rings is 11. The van der Waals surface area contributed by atoms with E-state index in [9.17, 15) is 16.4 Å². The number of rotatable bonds is 5. The highest BCUT2D eigenvalue weighted by Crippen LogP contribution is 2.51. The molecule has 89 heavy (non-hydrogen) atoms. The van der Waals surface area contributed by atoms with Gasteiger partial charge in [-0.3, -0.25) is 0 Å². The quantitative estimate of drug-likeness (QED) is 0.161. The number of nitrogens with zero attached hydrogens (tertiary/aromatic N) is 4. The highest BCUT2D eigenvalue weighted by Gasteiger charge is 2.45. The van der Waals surface area contributed by atoms with Gasteiger partial charge in [-0.05, 0) is 169 Å². The van der Waals surface area contributed by atoms with Crippen LogP contribution in [0.1, 0.15) is 127 Å². The molecule has 16 rings (SSSR count). The minimum atomic E-state index is -3.68. The number of aromatic nitrogens is 2. The Balaban J connectivity index is 1.08. The number of hydrogen-bond acceptors (Lipinski definition) is 3. The fourth-order valence-corrected chi connectivity index (χ4v) is 14.4. The fraction of sp³-hybridized carbons (Fsp3) is 0.205. The van der Waals surface area contributed by atoms with Crippen molar-refractivity contribution in [3.63, 3.8) is 0 Å². The third kappa shape index (κ3) is 8.49. The Kier molecular flexibility index (Phi) is 9.34. The molecule has 436 valence electrons. The van der Waals surface area contributed by atoms with Gasteiger partial charge >= 0.3 is 0 Å². The topological polar surface area (TPSA) is 29.5 Å². The summed E-state index contributed by atoms with van der Waals surface area (Å²) in [5, 5.41) is 4.84. The Bertz CT molecular complexity index is 5590. The second-order valence-corrected chi connectivity index (χ2v) is 27.8. The van der Waals surface area contributed by atoms with Crippen molar-refractivity contribution in [2.24, 2.45) is 0 Å². The second kappa shape index (κ2) is 19.2. The number of hydrogen-bond donors (Lipinski definition) is 0. The number of aryl methyl sites for hydroxylation is 1. The van der Waals surface area contributed by atoms with Gasteiger partial charge < -0.3 is 23.4 Å². The lowest BCUT2D eigenvalue weighted by Gasteiger charge is -2.44. The third-order valence-electron chi connectivity index (χ3n) is 18.9. The first kappa shape index (κ1) is 43.2. The van der Waals surface area contributed by atoms with Gasteiger partial charge in [-0.2, -0.15) is 0 Å². The van der Waals surface area contributed by atoms with Gasteiger partial charge in [0.05, 0.1) is 33.4 Å². The van der Waals surface area contributed by atoms with Gasteiger partial charge in [0.15, 0.2) is 11.2 Å². The van der Waals surface area contributed by atoms with Crippen molar-refractivity contribution in [2.75, 3.05) is 9.80 Å². The molecule has 0 saturated heterocycles. The third-order valence-corrected chi connectivity index (χ3v) is 18.9. The zero-order valence-corrected chi connectivity index (χ0v) is 51.6. The highest BCUT2D eigenvalue weighted by molar-refractivity contribution is 7.00. The normalized spacial score (nSPS) is 16.2. The Morgan fingerprint density at radius 2 is 0.865 bits per heavy atom. The lowest BCUT2D eigenvalue weighted by molar-refractivity contribution is 0.569. The van der Waals surface area contributed by atoms with Crippen LogP contribution in [-0.4, -0.2) is 15.8 Å². The number of furan rings is 1. The standard InChI is InChI=1S/C83H75BN4O/c1-50-41-74-77-75(42-50)88(76-48-56(83(11,12)13)47-64-63-27-22-32-72(78(63)89-79(64)76)87-69-30-20-16-25-61(69)62-26-17-21-31-70(62)87)71-40-33-51(52-43-54(81(5,6)7)46-55(44-52)82(8,9)10)45-66(71)84(77)65-39-38-58(49-73(65)85(74)57-36-34-53(35-37-57)80(2,3)4)86-67-28-18-14-23-59(67)60-24-15-19-29-68(60)86/h14-49H,1-13H3/i1D3,11D3,12D3,13D3. The summed E-state index contributed by atoms with van der Waals surface area (Å²) in [4.78, 5) is 4.04. The molecule has 0 bridgehead atoms. The van der Waals surface area contributed by atoms with Crippen molar-refractivity contribution in [3.8, 4) is 22.5 Å². The van der Waals surface area contributed by atoms with Crippen LogP contribution in [0.5, 0.6) is 0 Å². The summed E-state index contributed by atoms with van der Waals surface area (Å²) in [6.07, 6.45) is 0. The minimum absolute atomic E-state index is 0.0189. The first-order valence-electron chi connectivity index (χ1n) is 36.8. The molecule has 14 aromatic rings. The molecular formula is C83H75BN4O. The van der Waals surface area contributed by atoms with Crippen LogP contribution in [0, 0.1) is 6.85 Å². The van der Waals surface area contributed by atoms with Crippen LogP contribution in [0.25, 0.3) is 88.1 Å². The molecule has 0 unspecified atom stereocenters. The number of para-hydroxylation sites is 5. The molecule has 0 amide bonds. The summed E-state index contributed by atoms with van der Waals surface area (Å²) in [7, 11) is 0. The maximum Gasteiger partial charge on any atom is 0.252 e. The summed E-state index contributed by atoms with van der Waals surface area (Å²) < 4.78 is 124. The lowest BCUT2D eigenvalue weighted by atomic mass is 9.33. The molecule has 0 radical (unpaired) electrons. The molecule has 5 nitrogen and oxygen atoms in total. The zero-order valence-electron chi connectivity index (χ0n) is 63.6. The number of fused-ring (bicyclic) bond motifs is 13. The summed E-state index contributed by atoms with van der Waals surface area (Å²) in [6, 6.07) is 72.7. The number of anilines is 6. The van der Waals surface area contributed by atoms with Crippen LogP contribution in [0.4, 0.5) is 34.1 Å². The fourth-order valence-electron chi connectivity index (χ4n) is 14.4. The van der Waals surface area contributed by atoms with E-state index in [0.29, 0.717) is 39.2 Å². The van der Waals surface area contributed by atoms with Gasteiger partial charge in [-0.15, -0.1) is 0 Å². The Morgan fingerprint density at radius 1 is 0.337 bits per heavy atom. The van der Waals surface area contributed by atoms with E-state index in [0.717, 1.165) is 99.4 Å². The molecule has 3 aromatic heterocycles. The predicted octanol–water partition coefficient (Wildman–Crippen LogP) is 21.0. The molecule has 0 aliphatic carbocycles. The summed E-state index contributed by atoms with van der Waals surface area (Å²) in [6.45, 7) is 5.31. The van der Waals surface area contributed by atoms with Gasteiger partial charge in [0, 0.05) is 82.9 Å². The van der Waals surface area contributed by atoms with Crippen LogP contribution in [-0.2, 0) is 21.7 Å². The van der Waals surface area contributed by atoms with Crippen LogP contribution in [0.15, 0.2) is 223 Å². The van der Waals surface area contributed by atoms with Crippen molar-refractivity contribution >= 4 is 123 Å². The first-order valence-corrected chi connectivity index (χ1v) is 30.8. The van der Waals surface area contributed by atoms with E-state index in [-0.39, 0.29) is 38.5 Å². The van der Waals surface area contributed by atoms with Crippen LogP contribution >= 0.6 is 0 Å². The molecule has 2 aliphatic heterocycles. The van der Waals surface area contributed by atoms with Crippen molar-refractivity contribution in [2.45, 2.75) is 111 Å². The second-order valence-electron chi connectivity index (χ2n) is 27.8. The molecule has 0 N–H and O–H groups in total. The molecule has 11 aromatic carbocycles. The van der Waals surface area contributed by atoms with Crippen molar-refractivity contribution in [1.29, 1.82) is 0 Å². The maximum atomic E-state index is 9.50. The van der Waals surface area contributed by atoms with E-state index in [1.54, 1.807) is 12.1 Å². The predicted molar refractivity (Wildman–Crippen MR) is 381 cm³/mol. The SMILES string of the molecule is [2H]C([2H])([2H])c1cc2c3c(c1)N(c1cc(C(C([2H])([2H])[2H])(C([2H])([2H])[2H])C([2H])([2H])[2H])cc4c1oc1c(-n5c6ccccc6c6ccccc65)cccc14)c1ccc(-c4cc(C(C)(C)C)cc(C(C)(C)C)c4)cc1B3c1ccc(-n3c4ccccc4c4ccccc43)cc1N2c1ccc(C(C)(C)C)cc1.